The van der Waals surface area contributed by atoms with Crippen LogP contribution in [0.4, 0.5) is 0 Å². The second kappa shape index (κ2) is 15.2. The summed E-state index contributed by atoms with van der Waals surface area (Å²) in [6, 6.07) is 24.1. The molecule has 2 aliphatic heterocycles. The molecule has 0 saturated carbocycles. The van der Waals surface area contributed by atoms with Crippen LogP contribution < -0.4 is 5.32 Å². The number of aliphatic hydroxyl groups is 1. The molecule has 3 unspecified atom stereocenters. The number of hydrogen-bond acceptors (Lipinski definition) is 7. The highest BCUT2D eigenvalue weighted by Crippen LogP contribution is 2.39. The Hall–Kier alpha value is -3.60. The smallest absolute Gasteiger partial charge is 0.303 e. The third-order valence-electron chi connectivity index (χ3n) is 7.88. The van der Waals surface area contributed by atoms with Crippen molar-refractivity contribution in [2.24, 2.45) is 0 Å². The SMILES string of the molecule is O=C(O)CCCC(=O)NCc1cccc(-c2cccc(C3OC(CN4CCOCC4)CC(c4ccc(CO)cc4)O3)c2)c1. The van der Waals surface area contributed by atoms with Crippen LogP contribution in [0, 0.1) is 0 Å². The van der Waals surface area contributed by atoms with Gasteiger partial charge in [-0.15, -0.1) is 0 Å². The average molecular weight is 589 g/mol. The molecular formula is C34H40N2O7. The molecule has 228 valence electrons. The van der Waals surface area contributed by atoms with Crippen LogP contribution in [-0.2, 0) is 37.0 Å². The van der Waals surface area contributed by atoms with Crippen molar-refractivity contribution in [3.63, 3.8) is 0 Å². The van der Waals surface area contributed by atoms with Crippen LogP contribution >= 0.6 is 0 Å². The number of hydrogen-bond donors (Lipinski definition) is 3. The van der Waals surface area contributed by atoms with Gasteiger partial charge >= 0.3 is 5.97 Å². The van der Waals surface area contributed by atoms with E-state index in [1.54, 1.807) is 0 Å². The van der Waals surface area contributed by atoms with Gasteiger partial charge in [-0.25, -0.2) is 0 Å². The first-order valence-electron chi connectivity index (χ1n) is 15.0. The van der Waals surface area contributed by atoms with E-state index >= 15 is 0 Å². The number of nitrogens with one attached hydrogen (secondary N) is 1. The predicted molar refractivity (Wildman–Crippen MR) is 161 cm³/mol. The minimum absolute atomic E-state index is 0.00432. The Morgan fingerprint density at radius 2 is 1.60 bits per heavy atom. The second-order valence-corrected chi connectivity index (χ2v) is 11.1. The Balaban J connectivity index is 1.30. The predicted octanol–water partition coefficient (Wildman–Crippen LogP) is 4.59. The van der Waals surface area contributed by atoms with Crippen molar-refractivity contribution >= 4 is 11.9 Å². The first-order valence-corrected chi connectivity index (χ1v) is 15.0. The Morgan fingerprint density at radius 3 is 2.35 bits per heavy atom. The van der Waals surface area contributed by atoms with Crippen LogP contribution in [-0.4, -0.2) is 65.9 Å². The number of carboxylic acid groups (broad SMARTS) is 1. The summed E-state index contributed by atoms with van der Waals surface area (Å²) in [5, 5.41) is 21.1. The minimum atomic E-state index is -0.897. The number of carbonyl (C=O) groups excluding carboxylic acids is 1. The van der Waals surface area contributed by atoms with Crippen LogP contribution in [0.1, 0.15) is 60.3 Å². The van der Waals surface area contributed by atoms with E-state index in [9.17, 15) is 14.7 Å². The van der Waals surface area contributed by atoms with Crippen LogP contribution in [0.5, 0.6) is 0 Å². The number of morpholine rings is 1. The van der Waals surface area contributed by atoms with Gasteiger partial charge in [0, 0.05) is 51.0 Å². The lowest BCUT2D eigenvalue weighted by atomic mass is 9.98. The van der Waals surface area contributed by atoms with E-state index in [4.69, 9.17) is 19.3 Å². The van der Waals surface area contributed by atoms with Crippen LogP contribution in [0.25, 0.3) is 11.1 Å². The van der Waals surface area contributed by atoms with Gasteiger partial charge in [-0.1, -0.05) is 60.7 Å². The van der Waals surface area contributed by atoms with Crippen LogP contribution in [0.2, 0.25) is 0 Å². The normalized spacial score (nSPS) is 20.9. The number of benzene rings is 3. The van der Waals surface area contributed by atoms with E-state index in [0.29, 0.717) is 13.0 Å². The third kappa shape index (κ3) is 8.95. The number of ether oxygens (including phenoxy) is 3. The van der Waals surface area contributed by atoms with Crippen molar-refractivity contribution in [2.75, 3.05) is 32.8 Å². The Bertz CT molecular complexity index is 1360. The molecular weight excluding hydrogens is 548 g/mol. The standard InChI is InChI=1S/C34H40N2O7/c37-23-24-10-12-26(13-11-24)31-20-30(22-36-14-16-41-17-15-36)42-34(43-31)29-7-2-6-28(19-29)27-5-1-4-25(18-27)21-35-32(38)8-3-9-33(39)40/h1-2,4-7,10-13,18-19,30-31,34,37H,3,8-9,14-17,20-23H2,(H,35,38)(H,39,40). The van der Waals surface area contributed by atoms with Gasteiger partial charge in [0.25, 0.3) is 0 Å². The van der Waals surface area contributed by atoms with Gasteiger partial charge in [0.1, 0.15) is 0 Å². The molecule has 3 aromatic rings. The molecule has 3 atom stereocenters. The number of carboxylic acids is 1. The molecule has 0 spiro atoms. The van der Waals surface area contributed by atoms with Gasteiger partial charge in [0.05, 0.1) is 32.0 Å². The van der Waals surface area contributed by atoms with Gasteiger partial charge < -0.3 is 29.7 Å². The first kappa shape index (κ1) is 30.8. The summed E-state index contributed by atoms with van der Waals surface area (Å²) in [6.07, 6.45) is 0.509. The summed E-state index contributed by atoms with van der Waals surface area (Å²) < 4.78 is 18.7. The van der Waals surface area contributed by atoms with Crippen LogP contribution in [0.15, 0.2) is 72.8 Å². The summed E-state index contributed by atoms with van der Waals surface area (Å²) in [5.74, 6) is -1.06. The van der Waals surface area contributed by atoms with E-state index in [-0.39, 0.29) is 37.6 Å². The Morgan fingerprint density at radius 1 is 0.860 bits per heavy atom. The molecule has 0 aromatic heterocycles. The summed E-state index contributed by atoms with van der Waals surface area (Å²) >= 11 is 0. The molecule has 43 heavy (non-hydrogen) atoms. The Kier molecular flexibility index (Phi) is 10.9. The van der Waals surface area contributed by atoms with Crippen molar-refractivity contribution in [2.45, 2.75) is 57.3 Å². The van der Waals surface area contributed by atoms with Gasteiger partial charge in [-0.2, -0.15) is 0 Å². The molecule has 0 radical (unpaired) electrons. The van der Waals surface area contributed by atoms with E-state index in [1.165, 1.54) is 0 Å². The number of aliphatic carboxylic acids is 1. The number of aliphatic hydroxyl groups excluding tert-OH is 1. The van der Waals surface area contributed by atoms with E-state index < -0.39 is 12.3 Å². The summed E-state index contributed by atoms with van der Waals surface area (Å²) in [5.41, 5.74) is 5.83. The average Bonchev–Trinajstić information content (AvgIpc) is 3.04. The number of rotatable bonds is 12. The minimum Gasteiger partial charge on any atom is -0.481 e. The summed E-state index contributed by atoms with van der Waals surface area (Å²) in [4.78, 5) is 25.2. The van der Waals surface area contributed by atoms with Gasteiger partial charge in [-0.05, 0) is 46.4 Å². The highest BCUT2D eigenvalue weighted by molar-refractivity contribution is 5.76. The lowest BCUT2D eigenvalue weighted by Gasteiger charge is -2.39. The molecule has 9 heteroatoms. The lowest BCUT2D eigenvalue weighted by Crippen LogP contribution is -2.44. The molecule has 2 aliphatic rings. The maximum Gasteiger partial charge on any atom is 0.303 e. The topological polar surface area (TPSA) is 118 Å². The van der Waals surface area contributed by atoms with E-state index in [1.807, 2.05) is 66.7 Å². The van der Waals surface area contributed by atoms with Crippen molar-refractivity contribution in [3.05, 3.63) is 95.1 Å². The highest BCUT2D eigenvalue weighted by Gasteiger charge is 2.33. The monoisotopic (exact) mass is 588 g/mol. The van der Waals surface area contributed by atoms with Gasteiger partial charge in [-0.3, -0.25) is 14.5 Å². The van der Waals surface area contributed by atoms with Crippen molar-refractivity contribution < 1.29 is 34.0 Å². The summed E-state index contributed by atoms with van der Waals surface area (Å²) in [7, 11) is 0. The number of carbonyl (C=O) groups is 2. The quantitative estimate of drug-likeness (QED) is 0.281. The van der Waals surface area contributed by atoms with Crippen molar-refractivity contribution in [1.29, 1.82) is 0 Å². The third-order valence-corrected chi connectivity index (χ3v) is 7.88. The van der Waals surface area contributed by atoms with Crippen molar-refractivity contribution in [3.8, 4) is 11.1 Å². The molecule has 2 heterocycles. The molecule has 0 bridgehead atoms. The van der Waals surface area contributed by atoms with Gasteiger partial charge in [0.15, 0.2) is 6.29 Å². The fourth-order valence-electron chi connectivity index (χ4n) is 5.52. The van der Waals surface area contributed by atoms with Gasteiger partial charge in [0.2, 0.25) is 5.91 Å². The molecule has 1 amide bonds. The number of nitrogens with zero attached hydrogens (tertiary/aromatic N) is 1. The highest BCUT2D eigenvalue weighted by atomic mass is 16.7. The van der Waals surface area contributed by atoms with E-state index in [2.05, 4.69) is 16.3 Å². The maximum absolute atomic E-state index is 12.1. The molecule has 5 rings (SSSR count). The zero-order valence-electron chi connectivity index (χ0n) is 24.3. The number of amides is 1. The lowest BCUT2D eigenvalue weighted by molar-refractivity contribution is -0.253. The molecule has 0 aliphatic carbocycles. The molecule has 3 N–H and O–H groups in total. The molecule has 9 nitrogen and oxygen atoms in total. The van der Waals surface area contributed by atoms with Crippen molar-refractivity contribution in [1.82, 2.24) is 10.2 Å². The Labute approximate surface area is 252 Å². The zero-order valence-corrected chi connectivity index (χ0v) is 24.3. The molecule has 2 fully saturated rings. The maximum atomic E-state index is 12.1. The fraction of sp³-hybridized carbons (Fsp3) is 0.412. The van der Waals surface area contributed by atoms with E-state index in [0.717, 1.165) is 72.6 Å². The molecule has 2 saturated heterocycles. The fourth-order valence-corrected chi connectivity index (χ4v) is 5.52. The molecule has 3 aromatic carbocycles. The first-order chi connectivity index (χ1) is 21.0. The van der Waals surface area contributed by atoms with Crippen LogP contribution in [0.3, 0.4) is 0 Å². The largest absolute Gasteiger partial charge is 0.481 e. The summed E-state index contributed by atoms with van der Waals surface area (Å²) in [6.45, 7) is 4.41. The zero-order chi connectivity index (χ0) is 30.0. The second-order valence-electron chi connectivity index (χ2n) is 11.1.